The average molecular weight is 349 g/mol. The summed E-state index contributed by atoms with van der Waals surface area (Å²) in [6, 6.07) is 3.68. The Kier molecular flexibility index (Phi) is 8.44. The quantitative estimate of drug-likeness (QED) is 0.820. The molecule has 0 radical (unpaired) electrons. The van der Waals surface area contributed by atoms with Crippen LogP contribution in [0.5, 0.6) is 17.2 Å². The van der Waals surface area contributed by atoms with E-state index >= 15 is 0 Å². The first-order valence-electron chi connectivity index (χ1n) is 7.55. The Morgan fingerprint density at radius 2 is 1.61 bits per heavy atom. The van der Waals surface area contributed by atoms with Gasteiger partial charge in [-0.3, -0.25) is 9.29 Å². The van der Waals surface area contributed by atoms with Gasteiger partial charge in [-0.15, -0.1) is 12.4 Å². The van der Waals surface area contributed by atoms with Crippen LogP contribution < -0.4 is 19.5 Å². The summed E-state index contributed by atoms with van der Waals surface area (Å²) in [4.78, 5) is 2.29. The van der Waals surface area contributed by atoms with E-state index in [1.807, 2.05) is 12.1 Å². The van der Waals surface area contributed by atoms with Crippen LogP contribution in [0.2, 0.25) is 0 Å². The summed E-state index contributed by atoms with van der Waals surface area (Å²) in [5, 5.41) is 3.32. The molecule has 0 unspecified atom stereocenters. The monoisotopic (exact) mass is 348 g/mol. The van der Waals surface area contributed by atoms with Crippen molar-refractivity contribution in [1.29, 1.82) is 0 Å². The van der Waals surface area contributed by atoms with Crippen LogP contribution in [-0.2, 0) is 0 Å². The molecule has 1 aromatic carbocycles. The van der Waals surface area contributed by atoms with Crippen LogP contribution in [0.15, 0.2) is 12.1 Å². The second-order valence-electron chi connectivity index (χ2n) is 5.23. The van der Waals surface area contributed by atoms with E-state index in [0.29, 0.717) is 23.7 Å². The fourth-order valence-electron chi connectivity index (χ4n) is 2.95. The molecule has 1 aliphatic rings. The van der Waals surface area contributed by atoms with Crippen molar-refractivity contribution in [2.45, 2.75) is 12.5 Å². The highest BCUT2D eigenvalue weighted by atomic mass is 35.5. The van der Waals surface area contributed by atoms with Gasteiger partial charge in [0.25, 0.3) is 0 Å². The molecule has 132 valence electrons. The maximum absolute atomic E-state index is 13.1. The number of rotatable bonds is 7. The van der Waals surface area contributed by atoms with Gasteiger partial charge in [-0.2, -0.15) is 0 Å². The molecule has 7 heteroatoms. The second kappa shape index (κ2) is 9.80. The van der Waals surface area contributed by atoms with Crippen LogP contribution in [0.4, 0.5) is 4.39 Å². The van der Waals surface area contributed by atoms with E-state index in [4.69, 9.17) is 14.2 Å². The molecule has 1 aliphatic heterocycles. The molecule has 5 nitrogen and oxygen atoms in total. The average Bonchev–Trinajstić information content (AvgIpc) is 2.59. The highest BCUT2D eigenvalue weighted by Crippen LogP contribution is 2.40. The summed E-state index contributed by atoms with van der Waals surface area (Å²) in [6.45, 7) is 3.24. The van der Waals surface area contributed by atoms with Crippen LogP contribution in [0.3, 0.4) is 0 Å². The number of piperazine rings is 1. The van der Waals surface area contributed by atoms with Gasteiger partial charge in [-0.25, -0.2) is 0 Å². The third kappa shape index (κ3) is 4.62. The number of benzene rings is 1. The lowest BCUT2D eigenvalue weighted by molar-refractivity contribution is 0.154. The molecule has 0 saturated carbocycles. The minimum atomic E-state index is -0.369. The van der Waals surface area contributed by atoms with E-state index in [1.54, 1.807) is 21.3 Å². The molecule has 0 aliphatic carbocycles. The standard InChI is InChI=1S/C16H25FN2O3.ClH/c1-20-14-11-16(22-3)15(21-2)10-12(14)13(4-5-17)19-8-6-18-7-9-19;/h10-11,13,18H,4-9H2,1-3H3;1H/t13-;/m1./s1. The van der Waals surface area contributed by atoms with Crippen molar-refractivity contribution in [1.82, 2.24) is 10.2 Å². The van der Waals surface area contributed by atoms with Gasteiger partial charge in [0, 0.05) is 43.9 Å². The van der Waals surface area contributed by atoms with Crippen LogP contribution in [0.1, 0.15) is 18.0 Å². The van der Waals surface area contributed by atoms with Crippen molar-refractivity contribution < 1.29 is 18.6 Å². The number of methoxy groups -OCH3 is 3. The first-order chi connectivity index (χ1) is 10.7. The summed E-state index contributed by atoms with van der Waals surface area (Å²) < 4.78 is 29.3. The maximum Gasteiger partial charge on any atom is 0.164 e. The third-order valence-corrected chi connectivity index (χ3v) is 4.07. The molecular weight excluding hydrogens is 323 g/mol. The maximum atomic E-state index is 13.1. The molecule has 0 aromatic heterocycles. The Hall–Kier alpha value is -1.24. The summed E-state index contributed by atoms with van der Waals surface area (Å²) in [5.74, 6) is 1.95. The van der Waals surface area contributed by atoms with Gasteiger partial charge in [0.2, 0.25) is 0 Å². The Labute approximate surface area is 143 Å². The largest absolute Gasteiger partial charge is 0.496 e. The summed E-state index contributed by atoms with van der Waals surface area (Å²) >= 11 is 0. The Morgan fingerprint density at radius 3 is 2.13 bits per heavy atom. The Morgan fingerprint density at radius 1 is 1.04 bits per heavy atom. The van der Waals surface area contributed by atoms with Crippen LogP contribution >= 0.6 is 12.4 Å². The lowest BCUT2D eigenvalue weighted by Crippen LogP contribution is -2.45. The van der Waals surface area contributed by atoms with E-state index in [1.165, 1.54) is 0 Å². The fourth-order valence-corrected chi connectivity index (χ4v) is 2.95. The van der Waals surface area contributed by atoms with Gasteiger partial charge >= 0.3 is 0 Å². The molecule has 1 aromatic rings. The smallest absolute Gasteiger partial charge is 0.164 e. The van der Waals surface area contributed by atoms with Crippen molar-refractivity contribution in [3.05, 3.63) is 17.7 Å². The molecule has 1 saturated heterocycles. The van der Waals surface area contributed by atoms with E-state index in [-0.39, 0.29) is 25.1 Å². The van der Waals surface area contributed by atoms with Crippen molar-refractivity contribution >= 4 is 12.4 Å². The Bertz CT molecular complexity index is 485. The van der Waals surface area contributed by atoms with Crippen LogP contribution in [-0.4, -0.2) is 59.1 Å². The molecular formula is C16H26ClFN2O3. The lowest BCUT2D eigenvalue weighted by Gasteiger charge is -2.35. The number of hydrogen-bond donors (Lipinski definition) is 1. The highest BCUT2D eigenvalue weighted by molar-refractivity contribution is 5.85. The molecule has 0 amide bonds. The number of alkyl halides is 1. The van der Waals surface area contributed by atoms with Crippen molar-refractivity contribution in [2.75, 3.05) is 54.2 Å². The number of ether oxygens (including phenoxy) is 3. The normalized spacial score (nSPS) is 16.3. The third-order valence-electron chi connectivity index (χ3n) is 4.07. The minimum absolute atomic E-state index is 0. The molecule has 1 fully saturated rings. The van der Waals surface area contributed by atoms with Gasteiger partial charge in [0.1, 0.15) is 5.75 Å². The van der Waals surface area contributed by atoms with E-state index in [0.717, 1.165) is 31.7 Å². The van der Waals surface area contributed by atoms with Crippen LogP contribution in [0, 0.1) is 0 Å². The first-order valence-corrected chi connectivity index (χ1v) is 7.55. The van der Waals surface area contributed by atoms with Gasteiger partial charge in [-0.05, 0) is 12.5 Å². The highest BCUT2D eigenvalue weighted by Gasteiger charge is 2.26. The number of nitrogens with zero attached hydrogens (tertiary/aromatic N) is 1. The topological polar surface area (TPSA) is 43.0 Å². The zero-order chi connectivity index (χ0) is 15.9. The van der Waals surface area contributed by atoms with Crippen molar-refractivity contribution in [3.63, 3.8) is 0 Å². The van der Waals surface area contributed by atoms with Gasteiger partial charge in [0.15, 0.2) is 11.5 Å². The molecule has 2 rings (SSSR count). The molecule has 0 spiro atoms. The zero-order valence-electron chi connectivity index (χ0n) is 13.9. The second-order valence-corrected chi connectivity index (χ2v) is 5.23. The predicted octanol–water partition coefficient (Wildman–Crippen LogP) is 2.44. The Balaban J connectivity index is 0.00000264. The SMILES string of the molecule is COc1cc(OC)c([C@@H](CCF)N2CCNCC2)cc1OC.Cl. The first kappa shape index (κ1) is 19.8. The van der Waals surface area contributed by atoms with Gasteiger partial charge in [-0.1, -0.05) is 0 Å². The number of hydrogen-bond acceptors (Lipinski definition) is 5. The molecule has 0 bridgehead atoms. The molecule has 1 heterocycles. The molecule has 1 N–H and O–H groups in total. The van der Waals surface area contributed by atoms with E-state index in [9.17, 15) is 4.39 Å². The molecule has 23 heavy (non-hydrogen) atoms. The molecule has 1 atom stereocenters. The van der Waals surface area contributed by atoms with Crippen LogP contribution in [0.25, 0.3) is 0 Å². The van der Waals surface area contributed by atoms with Crippen molar-refractivity contribution in [2.24, 2.45) is 0 Å². The predicted molar refractivity (Wildman–Crippen MR) is 91.1 cm³/mol. The summed E-state index contributed by atoms with van der Waals surface area (Å²) in [6.07, 6.45) is 0.436. The fraction of sp³-hybridized carbons (Fsp3) is 0.625. The zero-order valence-corrected chi connectivity index (χ0v) is 14.7. The van der Waals surface area contributed by atoms with E-state index < -0.39 is 0 Å². The minimum Gasteiger partial charge on any atom is -0.496 e. The van der Waals surface area contributed by atoms with Gasteiger partial charge in [0.05, 0.1) is 28.0 Å². The van der Waals surface area contributed by atoms with E-state index in [2.05, 4.69) is 10.2 Å². The van der Waals surface area contributed by atoms with Gasteiger partial charge < -0.3 is 19.5 Å². The van der Waals surface area contributed by atoms with Crippen molar-refractivity contribution in [3.8, 4) is 17.2 Å². The lowest BCUT2D eigenvalue weighted by atomic mass is 9.99. The number of nitrogens with one attached hydrogen (secondary N) is 1. The summed E-state index contributed by atoms with van der Waals surface area (Å²) in [7, 11) is 4.81. The number of halogens is 2. The summed E-state index contributed by atoms with van der Waals surface area (Å²) in [5.41, 5.74) is 0.944.